The van der Waals surface area contributed by atoms with E-state index in [0.29, 0.717) is 5.56 Å². The van der Waals surface area contributed by atoms with Crippen LogP contribution >= 0.6 is 0 Å². The smallest absolute Gasteiger partial charge is 0.309 e. The highest BCUT2D eigenvalue weighted by Gasteiger charge is 2.33. The average molecular weight is 272 g/mol. The van der Waals surface area contributed by atoms with Gasteiger partial charge in [0, 0.05) is 6.92 Å². The van der Waals surface area contributed by atoms with E-state index < -0.39 is 17.3 Å². The van der Waals surface area contributed by atoms with Crippen LogP contribution in [0.2, 0.25) is 0 Å². The van der Waals surface area contributed by atoms with Crippen molar-refractivity contribution in [2.75, 3.05) is 7.11 Å². The van der Waals surface area contributed by atoms with Crippen LogP contribution in [0.4, 0.5) is 8.78 Å². The molecule has 0 aliphatic rings. The fourth-order valence-electron chi connectivity index (χ4n) is 1.86. The maximum absolute atomic E-state index is 13.5. The van der Waals surface area contributed by atoms with E-state index in [0.717, 1.165) is 6.92 Å². The monoisotopic (exact) mass is 272 g/mol. The number of rotatable bonds is 5. The summed E-state index contributed by atoms with van der Waals surface area (Å²) in [5.74, 6) is -3.96. The molecular weight excluding hydrogens is 254 g/mol. The zero-order chi connectivity index (χ0) is 14.8. The van der Waals surface area contributed by atoms with Crippen molar-refractivity contribution in [1.82, 2.24) is 0 Å². The minimum atomic E-state index is -3.03. The summed E-state index contributed by atoms with van der Waals surface area (Å²) in [5.41, 5.74) is -0.808. The fourth-order valence-corrected chi connectivity index (χ4v) is 1.86. The van der Waals surface area contributed by atoms with E-state index in [1.165, 1.54) is 19.2 Å². The van der Waals surface area contributed by atoms with Gasteiger partial charge in [0.1, 0.15) is 5.75 Å². The third kappa shape index (κ3) is 3.43. The van der Waals surface area contributed by atoms with E-state index in [1.807, 2.05) is 0 Å². The number of hydrogen-bond acceptors (Lipinski definition) is 2. The van der Waals surface area contributed by atoms with Crippen LogP contribution in [0.3, 0.4) is 0 Å². The molecule has 5 heteroatoms. The molecule has 0 aliphatic heterocycles. The summed E-state index contributed by atoms with van der Waals surface area (Å²) in [7, 11) is 1.31. The van der Waals surface area contributed by atoms with Crippen molar-refractivity contribution in [2.24, 2.45) is 5.41 Å². The van der Waals surface area contributed by atoms with Crippen LogP contribution in [0.5, 0.6) is 5.75 Å². The number of ether oxygens (including phenoxy) is 1. The average Bonchev–Trinajstić information content (AvgIpc) is 2.26. The van der Waals surface area contributed by atoms with E-state index in [9.17, 15) is 13.6 Å². The third-order valence-electron chi connectivity index (χ3n) is 2.98. The summed E-state index contributed by atoms with van der Waals surface area (Å²) in [5, 5.41) is 9.11. The van der Waals surface area contributed by atoms with Crippen molar-refractivity contribution >= 4 is 5.97 Å². The van der Waals surface area contributed by atoms with Gasteiger partial charge < -0.3 is 9.84 Å². The minimum absolute atomic E-state index is 0.0596. The Hall–Kier alpha value is -1.65. The first kappa shape index (κ1) is 15.4. The molecule has 1 aromatic carbocycles. The first-order valence-electron chi connectivity index (χ1n) is 5.87. The maximum Gasteiger partial charge on any atom is 0.309 e. The molecule has 0 atom stereocenters. The summed E-state index contributed by atoms with van der Waals surface area (Å²) in [6, 6.07) is 4.39. The normalized spacial score (nSPS) is 12.3. The molecule has 0 saturated carbocycles. The van der Waals surface area contributed by atoms with Crippen LogP contribution in [0.25, 0.3) is 0 Å². The summed E-state index contributed by atoms with van der Waals surface area (Å²) < 4.78 is 32.0. The number of halogens is 2. The third-order valence-corrected chi connectivity index (χ3v) is 2.98. The number of methoxy groups -OCH3 is 1. The summed E-state index contributed by atoms with van der Waals surface area (Å²) in [6.45, 7) is 3.88. The van der Waals surface area contributed by atoms with E-state index in [4.69, 9.17) is 9.84 Å². The van der Waals surface area contributed by atoms with Gasteiger partial charge in [-0.2, -0.15) is 0 Å². The van der Waals surface area contributed by atoms with Gasteiger partial charge in [-0.25, -0.2) is 8.78 Å². The Morgan fingerprint density at radius 3 is 2.32 bits per heavy atom. The lowest BCUT2D eigenvalue weighted by Gasteiger charge is -2.23. The molecule has 0 aromatic heterocycles. The number of para-hydroxylation sites is 1. The lowest BCUT2D eigenvalue weighted by Crippen LogP contribution is -2.26. The van der Waals surface area contributed by atoms with Crippen LogP contribution < -0.4 is 4.74 Å². The molecule has 0 unspecified atom stereocenters. The predicted molar refractivity (Wildman–Crippen MR) is 67.7 cm³/mol. The number of carboxylic acid groups (broad SMARTS) is 1. The second-order valence-electron chi connectivity index (χ2n) is 5.25. The molecule has 0 amide bonds. The predicted octanol–water partition coefficient (Wildman–Crippen LogP) is 3.46. The SMILES string of the molecule is COc1c(CC(C)(C)C(=O)O)cccc1C(C)(F)F. The first-order chi connectivity index (χ1) is 8.59. The molecule has 0 radical (unpaired) electrons. The number of carbonyl (C=O) groups is 1. The van der Waals surface area contributed by atoms with Gasteiger partial charge in [-0.3, -0.25) is 4.79 Å². The molecule has 3 nitrogen and oxygen atoms in total. The first-order valence-corrected chi connectivity index (χ1v) is 5.87. The number of hydrogen-bond donors (Lipinski definition) is 1. The van der Waals surface area contributed by atoms with Crippen LogP contribution in [-0.4, -0.2) is 18.2 Å². The van der Waals surface area contributed by atoms with Crippen LogP contribution in [0.1, 0.15) is 31.9 Å². The largest absolute Gasteiger partial charge is 0.496 e. The van der Waals surface area contributed by atoms with Crippen LogP contribution in [-0.2, 0) is 17.1 Å². The lowest BCUT2D eigenvalue weighted by atomic mass is 9.84. The van der Waals surface area contributed by atoms with Crippen molar-refractivity contribution < 1.29 is 23.4 Å². The molecule has 0 heterocycles. The van der Waals surface area contributed by atoms with Crippen molar-refractivity contribution in [3.05, 3.63) is 29.3 Å². The highest BCUT2D eigenvalue weighted by molar-refractivity contribution is 5.74. The van der Waals surface area contributed by atoms with E-state index in [1.54, 1.807) is 19.9 Å². The van der Waals surface area contributed by atoms with Gasteiger partial charge in [0.15, 0.2) is 0 Å². The molecule has 0 bridgehead atoms. The summed E-state index contributed by atoms with van der Waals surface area (Å²) in [4.78, 5) is 11.1. The van der Waals surface area contributed by atoms with Crippen LogP contribution in [0, 0.1) is 5.41 Å². The standard InChI is InChI=1S/C14H18F2O3/c1-13(2,12(17)18)8-9-6-5-7-10(11(9)19-4)14(3,15)16/h5-7H,8H2,1-4H3,(H,17,18). The van der Waals surface area contributed by atoms with Crippen molar-refractivity contribution in [1.29, 1.82) is 0 Å². The second-order valence-corrected chi connectivity index (χ2v) is 5.25. The Morgan fingerprint density at radius 1 is 1.32 bits per heavy atom. The molecule has 0 saturated heterocycles. The molecular formula is C14H18F2O3. The second kappa shape index (κ2) is 5.15. The molecule has 19 heavy (non-hydrogen) atoms. The number of alkyl halides is 2. The van der Waals surface area contributed by atoms with Crippen molar-refractivity contribution in [3.8, 4) is 5.75 Å². The van der Waals surface area contributed by atoms with Crippen molar-refractivity contribution in [3.63, 3.8) is 0 Å². The Kier molecular flexibility index (Phi) is 4.18. The Bertz CT molecular complexity index is 476. The Balaban J connectivity index is 3.27. The lowest BCUT2D eigenvalue weighted by molar-refractivity contribution is -0.146. The van der Waals surface area contributed by atoms with Gasteiger partial charge in [-0.05, 0) is 31.9 Å². The maximum atomic E-state index is 13.5. The number of carboxylic acids is 1. The van der Waals surface area contributed by atoms with Crippen molar-refractivity contribution in [2.45, 2.75) is 33.1 Å². The van der Waals surface area contributed by atoms with E-state index in [2.05, 4.69) is 0 Å². The summed E-state index contributed by atoms with van der Waals surface area (Å²) in [6.07, 6.45) is 0.120. The molecule has 1 aromatic rings. The Labute approximate surface area is 111 Å². The Morgan fingerprint density at radius 2 is 1.89 bits per heavy atom. The molecule has 1 N–H and O–H groups in total. The minimum Gasteiger partial charge on any atom is -0.496 e. The molecule has 0 aliphatic carbocycles. The molecule has 1 rings (SSSR count). The highest BCUT2D eigenvalue weighted by atomic mass is 19.3. The molecule has 106 valence electrons. The van der Waals surface area contributed by atoms with Gasteiger partial charge >= 0.3 is 5.97 Å². The quantitative estimate of drug-likeness (QED) is 0.892. The van der Waals surface area contributed by atoms with E-state index in [-0.39, 0.29) is 17.7 Å². The van der Waals surface area contributed by atoms with Crippen LogP contribution in [0.15, 0.2) is 18.2 Å². The number of benzene rings is 1. The zero-order valence-corrected chi connectivity index (χ0v) is 11.5. The number of aliphatic carboxylic acids is 1. The topological polar surface area (TPSA) is 46.5 Å². The van der Waals surface area contributed by atoms with Gasteiger partial charge in [0.25, 0.3) is 5.92 Å². The zero-order valence-electron chi connectivity index (χ0n) is 11.5. The molecule has 0 fully saturated rings. The van der Waals surface area contributed by atoms with Gasteiger partial charge in [-0.1, -0.05) is 12.1 Å². The van der Waals surface area contributed by atoms with Gasteiger partial charge in [0.05, 0.1) is 18.1 Å². The fraction of sp³-hybridized carbons (Fsp3) is 0.500. The van der Waals surface area contributed by atoms with E-state index >= 15 is 0 Å². The molecule has 0 spiro atoms. The summed E-state index contributed by atoms with van der Waals surface area (Å²) >= 11 is 0. The van der Waals surface area contributed by atoms with Gasteiger partial charge in [-0.15, -0.1) is 0 Å². The highest BCUT2D eigenvalue weighted by Crippen LogP contribution is 2.38. The van der Waals surface area contributed by atoms with Gasteiger partial charge in [0.2, 0.25) is 0 Å².